The molecule has 2 radical (unpaired) electrons. The first kappa shape index (κ1) is 46.2. The van der Waals surface area contributed by atoms with E-state index in [4.69, 9.17) is 26.2 Å². The second-order valence-electron chi connectivity index (χ2n) is 16.2. The first-order valence-corrected chi connectivity index (χ1v) is 23.6. The van der Waals surface area contributed by atoms with Crippen LogP contribution in [-0.4, -0.2) is 50.7 Å². The maximum Gasteiger partial charge on any atom is 0.488 e. The van der Waals surface area contributed by atoms with Gasteiger partial charge in [-0.1, -0.05) is 95.7 Å². The second-order valence-corrected chi connectivity index (χ2v) is 21.9. The van der Waals surface area contributed by atoms with Gasteiger partial charge in [0.25, 0.3) is 0 Å². The summed E-state index contributed by atoms with van der Waals surface area (Å²) < 4.78 is 30.3. The number of rotatable bonds is 1. The summed E-state index contributed by atoms with van der Waals surface area (Å²) in [5.41, 5.74) is 0.105. The van der Waals surface area contributed by atoms with Crippen molar-refractivity contribution in [2.24, 2.45) is 0 Å². The lowest BCUT2D eigenvalue weighted by molar-refractivity contribution is 0.00578. The van der Waals surface area contributed by atoms with Crippen molar-refractivity contribution in [2.45, 2.75) is 104 Å². The van der Waals surface area contributed by atoms with Gasteiger partial charge in [0.05, 0.1) is 22.4 Å². The van der Waals surface area contributed by atoms with Gasteiger partial charge in [0.15, 0.2) is 0 Å². The molecule has 4 nitrogen and oxygen atoms in total. The molecule has 0 N–H and O–H groups in total. The Morgan fingerprint density at radius 1 is 0.509 bits per heavy atom. The Morgan fingerprint density at radius 3 is 1.08 bits per heavy atom. The third-order valence-corrected chi connectivity index (χ3v) is 15.2. The van der Waals surface area contributed by atoms with Gasteiger partial charge < -0.3 is 18.6 Å². The van der Waals surface area contributed by atoms with Crippen molar-refractivity contribution in [1.29, 1.82) is 0 Å². The molecule has 53 heavy (non-hydrogen) atoms. The molecular formula is C39H46B3Br6O4P. The zero-order valence-corrected chi connectivity index (χ0v) is 42.8. The number of hydrogen-bond acceptors (Lipinski definition) is 4. The van der Waals surface area contributed by atoms with Gasteiger partial charge in [-0.3, -0.25) is 0 Å². The van der Waals surface area contributed by atoms with E-state index < -0.39 is 14.0 Å². The van der Waals surface area contributed by atoms with E-state index in [0.29, 0.717) is 8.46 Å². The maximum atomic E-state index is 5.96. The SMILES string of the molecule is Brc1cc(Br)c(Br)cc1Br.CC(C)(C)c1cc2ccc3c(Br)cc(Br)c4ccc(c1)c2c34.CC1(C)OB(B2OC(C)(C)C(C)(C)O2)OC1(C)C.[B]PC. The average Bonchev–Trinajstić information content (AvgIpc) is 3.39. The van der Waals surface area contributed by atoms with Crippen LogP contribution in [0.1, 0.15) is 81.7 Å². The predicted molar refractivity (Wildman–Crippen MR) is 254 cm³/mol. The van der Waals surface area contributed by atoms with E-state index >= 15 is 0 Å². The van der Waals surface area contributed by atoms with E-state index in [9.17, 15) is 0 Å². The third-order valence-electron chi connectivity index (χ3n) is 10.2. The van der Waals surface area contributed by atoms with Gasteiger partial charge in [-0.2, -0.15) is 8.46 Å². The summed E-state index contributed by atoms with van der Waals surface area (Å²) in [6.07, 6.45) is 0. The molecule has 282 valence electrons. The lowest BCUT2D eigenvalue weighted by atomic mass is 9.49. The number of halogens is 6. The standard InChI is InChI=1S/C20H16Br2.C12H24B2O4.C6H2Br4.CH4BP/c1-20(2,3)13-8-11-4-6-14-16(21)10-17(22)15-7-5-12(9-13)18(11)19(14)15;1-9(2)10(3,4)16-13(15-9)14-17-11(5,6)12(7,8)18-14;7-3-1-4(8)6(10)2-5(3)9;1-3-2/h4-10H,1-3H3;1-8H3;1-2H;3H,1H3. The second kappa shape index (κ2) is 17.4. The molecule has 7 rings (SSSR count). The van der Waals surface area contributed by atoms with Crippen molar-refractivity contribution in [3.05, 3.63) is 87.0 Å². The van der Waals surface area contributed by atoms with Gasteiger partial charge in [0, 0.05) is 26.8 Å². The maximum absolute atomic E-state index is 5.96. The third kappa shape index (κ3) is 10.2. The Hall–Kier alpha value is 0.485. The Labute approximate surface area is 370 Å². The van der Waals surface area contributed by atoms with Crippen molar-refractivity contribution in [2.75, 3.05) is 6.66 Å². The Kier molecular flexibility index (Phi) is 15.1. The quantitative estimate of drug-likeness (QED) is 0.0725. The van der Waals surface area contributed by atoms with E-state index in [2.05, 4.69) is 159 Å². The minimum atomic E-state index is -0.476. The summed E-state index contributed by atoms with van der Waals surface area (Å²) in [6, 6.07) is 19.7. The highest BCUT2D eigenvalue weighted by Gasteiger charge is 2.63. The molecule has 5 aromatic rings. The molecule has 2 fully saturated rings. The van der Waals surface area contributed by atoms with Crippen molar-refractivity contribution >= 4 is 158 Å². The normalized spacial score (nSPS) is 18.6. The van der Waals surface area contributed by atoms with Crippen molar-refractivity contribution < 1.29 is 18.6 Å². The van der Waals surface area contributed by atoms with Crippen molar-refractivity contribution in [1.82, 2.24) is 0 Å². The molecule has 0 amide bonds. The molecule has 1 atom stereocenters. The van der Waals surface area contributed by atoms with Gasteiger partial charge in [0.1, 0.15) is 7.57 Å². The lowest BCUT2D eigenvalue weighted by Crippen LogP contribution is -2.41. The van der Waals surface area contributed by atoms with Crippen LogP contribution in [0.15, 0.2) is 81.4 Å². The van der Waals surface area contributed by atoms with Crippen LogP contribution in [-0.2, 0) is 24.0 Å². The molecule has 0 aliphatic carbocycles. The minimum Gasteiger partial charge on any atom is -0.405 e. The van der Waals surface area contributed by atoms with Crippen LogP contribution in [0.5, 0.6) is 0 Å². The zero-order valence-electron chi connectivity index (χ0n) is 32.3. The van der Waals surface area contributed by atoms with Crippen LogP contribution in [0.2, 0.25) is 0 Å². The summed E-state index contributed by atoms with van der Waals surface area (Å²) >= 11 is 20.9. The van der Waals surface area contributed by atoms with Gasteiger partial charge in [0.2, 0.25) is 0 Å². The largest absolute Gasteiger partial charge is 0.488 e. The molecule has 2 heterocycles. The first-order chi connectivity index (χ1) is 24.3. The molecule has 0 saturated carbocycles. The minimum absolute atomic E-state index is 0.158. The summed E-state index contributed by atoms with van der Waals surface area (Å²) in [6.45, 7) is 25.0. The molecule has 1 unspecified atom stereocenters. The average molecular weight is 1120 g/mol. The Morgan fingerprint density at radius 2 is 0.792 bits per heavy atom. The van der Waals surface area contributed by atoms with E-state index in [1.807, 2.05) is 74.2 Å². The molecule has 2 aliphatic rings. The Balaban J connectivity index is 0.000000182. The van der Waals surface area contributed by atoms with E-state index in [0.717, 1.165) is 26.8 Å². The zero-order chi connectivity index (χ0) is 40.1. The monoisotopic (exact) mass is 1120 g/mol. The van der Waals surface area contributed by atoms with Gasteiger partial charge >= 0.3 is 14.0 Å². The summed E-state index contributed by atoms with van der Waals surface area (Å²) in [4.78, 5) is 0. The molecule has 0 spiro atoms. The molecule has 2 aliphatic heterocycles. The summed E-state index contributed by atoms with van der Waals surface area (Å²) in [5.74, 6) is 0. The number of benzene rings is 5. The highest BCUT2D eigenvalue weighted by Crippen LogP contribution is 2.44. The lowest BCUT2D eigenvalue weighted by Gasteiger charge is -2.32. The van der Waals surface area contributed by atoms with Crippen molar-refractivity contribution in [3.63, 3.8) is 0 Å². The summed E-state index contributed by atoms with van der Waals surface area (Å²) in [7, 11) is 4.51. The fourth-order valence-corrected chi connectivity index (χ4v) is 9.18. The van der Waals surface area contributed by atoms with Crippen LogP contribution in [0.4, 0.5) is 0 Å². The smallest absolute Gasteiger partial charge is 0.405 e. The first-order valence-electron chi connectivity index (χ1n) is 17.2. The van der Waals surface area contributed by atoms with Gasteiger partial charge in [-0.05, 0) is 181 Å². The van der Waals surface area contributed by atoms with Crippen LogP contribution in [0.3, 0.4) is 0 Å². The van der Waals surface area contributed by atoms with Crippen LogP contribution >= 0.6 is 104 Å². The van der Waals surface area contributed by atoms with Crippen LogP contribution in [0, 0.1) is 0 Å². The predicted octanol–water partition coefficient (Wildman–Crippen LogP) is 14.8. The van der Waals surface area contributed by atoms with E-state index in [-0.39, 0.29) is 27.8 Å². The Bertz CT molecular complexity index is 1900. The molecular weight excluding hydrogens is 1080 g/mol. The van der Waals surface area contributed by atoms with Gasteiger partial charge in [-0.15, -0.1) is 0 Å². The van der Waals surface area contributed by atoms with Crippen LogP contribution in [0.25, 0.3) is 32.3 Å². The number of hydrogen-bond donors (Lipinski definition) is 0. The summed E-state index contributed by atoms with van der Waals surface area (Å²) in [5, 5.41) is 7.91. The molecule has 5 aromatic carbocycles. The van der Waals surface area contributed by atoms with E-state index in [1.54, 1.807) is 0 Å². The topological polar surface area (TPSA) is 36.9 Å². The fraction of sp³-hybridized carbons (Fsp3) is 0.436. The van der Waals surface area contributed by atoms with Crippen LogP contribution < -0.4 is 0 Å². The highest BCUT2D eigenvalue weighted by molar-refractivity contribution is 9.14. The highest BCUT2D eigenvalue weighted by atomic mass is 79.9. The molecule has 0 aromatic heterocycles. The molecule has 14 heteroatoms. The molecule has 0 bridgehead atoms. The van der Waals surface area contributed by atoms with Crippen molar-refractivity contribution in [3.8, 4) is 0 Å². The molecule has 2 saturated heterocycles. The fourth-order valence-electron chi connectivity index (χ4n) is 5.76. The van der Waals surface area contributed by atoms with Gasteiger partial charge in [-0.25, -0.2) is 0 Å². The van der Waals surface area contributed by atoms with E-state index in [1.165, 1.54) is 37.9 Å².